The Labute approximate surface area is 147 Å². The summed E-state index contributed by atoms with van der Waals surface area (Å²) in [6, 6.07) is 21.6. The van der Waals surface area contributed by atoms with Gasteiger partial charge in [-0.15, -0.1) is 11.3 Å². The molecule has 3 heteroatoms. The number of H-pyrrole nitrogens is 2. The zero-order valence-electron chi connectivity index (χ0n) is 13.3. The molecular weight excluding hydrogens is 324 g/mol. The molecule has 0 bridgehead atoms. The first kappa shape index (κ1) is 13.3. The van der Waals surface area contributed by atoms with Crippen LogP contribution in [0.15, 0.2) is 72.2 Å². The minimum Gasteiger partial charge on any atom is -0.361 e. The fraction of sp³-hybridized carbons (Fsp3) is 0. The second kappa shape index (κ2) is 4.74. The van der Waals surface area contributed by atoms with Gasteiger partial charge in [-0.25, -0.2) is 0 Å². The Morgan fingerprint density at radius 1 is 0.720 bits per heavy atom. The molecule has 3 heterocycles. The van der Waals surface area contributed by atoms with Gasteiger partial charge in [0, 0.05) is 60.1 Å². The van der Waals surface area contributed by atoms with Crippen molar-refractivity contribution in [1.29, 1.82) is 0 Å². The Kier molecular flexibility index (Phi) is 2.52. The van der Waals surface area contributed by atoms with E-state index in [0.717, 1.165) is 0 Å². The molecule has 0 atom stereocenters. The van der Waals surface area contributed by atoms with Gasteiger partial charge >= 0.3 is 0 Å². The summed E-state index contributed by atoms with van der Waals surface area (Å²) < 4.78 is 1.32. The predicted octanol–water partition coefficient (Wildman–Crippen LogP) is 6.68. The number of hydrogen-bond donors (Lipinski definition) is 2. The van der Waals surface area contributed by atoms with Gasteiger partial charge in [0.2, 0.25) is 0 Å². The molecule has 0 unspecified atom stereocenters. The summed E-state index contributed by atoms with van der Waals surface area (Å²) in [5, 5.41) is 7.38. The van der Waals surface area contributed by atoms with Crippen LogP contribution in [-0.4, -0.2) is 9.97 Å². The van der Waals surface area contributed by atoms with E-state index in [1.54, 1.807) is 11.3 Å². The van der Waals surface area contributed by atoms with E-state index < -0.39 is 0 Å². The second-order valence-electron chi connectivity index (χ2n) is 6.43. The number of thiophene rings is 1. The molecule has 3 aromatic heterocycles. The first-order valence-electron chi connectivity index (χ1n) is 8.37. The van der Waals surface area contributed by atoms with Crippen LogP contribution in [0.1, 0.15) is 0 Å². The molecule has 6 aromatic rings. The highest BCUT2D eigenvalue weighted by molar-refractivity contribution is 7.17. The molecule has 0 aliphatic heterocycles. The summed E-state index contributed by atoms with van der Waals surface area (Å²) in [4.78, 5) is 7.05. The number of nitrogens with one attached hydrogen (secondary N) is 2. The lowest BCUT2D eigenvalue weighted by molar-refractivity contribution is 1.48. The zero-order chi connectivity index (χ0) is 16.4. The van der Waals surface area contributed by atoms with E-state index in [9.17, 15) is 0 Å². The Bertz CT molecular complexity index is 1400. The molecule has 0 radical (unpaired) electrons. The largest absolute Gasteiger partial charge is 0.361 e. The number of rotatable bonds is 1. The maximum absolute atomic E-state index is 3.61. The Hall–Kier alpha value is -3.04. The quantitative estimate of drug-likeness (QED) is 0.335. The molecule has 2 nitrogen and oxygen atoms in total. The smallest absolute Gasteiger partial charge is 0.0485 e. The van der Waals surface area contributed by atoms with Gasteiger partial charge < -0.3 is 9.97 Å². The molecule has 3 aromatic carbocycles. The van der Waals surface area contributed by atoms with Crippen molar-refractivity contribution in [3.05, 3.63) is 72.2 Å². The average molecular weight is 338 g/mol. The van der Waals surface area contributed by atoms with Crippen molar-refractivity contribution in [2.45, 2.75) is 0 Å². The van der Waals surface area contributed by atoms with Crippen molar-refractivity contribution in [1.82, 2.24) is 9.97 Å². The van der Waals surface area contributed by atoms with E-state index in [0.29, 0.717) is 0 Å². The fourth-order valence-corrected chi connectivity index (χ4v) is 4.84. The van der Waals surface area contributed by atoms with Crippen molar-refractivity contribution >= 4 is 54.1 Å². The van der Waals surface area contributed by atoms with Crippen molar-refractivity contribution in [2.24, 2.45) is 0 Å². The monoisotopic (exact) mass is 338 g/mol. The van der Waals surface area contributed by atoms with Gasteiger partial charge in [-0.1, -0.05) is 36.4 Å². The lowest BCUT2D eigenvalue weighted by Crippen LogP contribution is -1.80. The minimum absolute atomic E-state index is 1.18. The van der Waals surface area contributed by atoms with Gasteiger partial charge in [0.05, 0.1) is 0 Å². The summed E-state index contributed by atoms with van der Waals surface area (Å²) in [6.45, 7) is 0. The molecule has 0 saturated carbocycles. The van der Waals surface area contributed by atoms with Crippen LogP contribution >= 0.6 is 11.3 Å². The van der Waals surface area contributed by atoms with E-state index in [1.807, 2.05) is 0 Å². The molecular formula is C22H14N2S. The summed E-state index contributed by atoms with van der Waals surface area (Å²) in [5.74, 6) is 0. The third kappa shape index (κ3) is 1.73. The maximum Gasteiger partial charge on any atom is 0.0485 e. The number of hydrogen-bond acceptors (Lipinski definition) is 1. The highest BCUT2D eigenvalue weighted by atomic mass is 32.1. The molecule has 0 amide bonds. The van der Waals surface area contributed by atoms with Crippen molar-refractivity contribution in [3.63, 3.8) is 0 Å². The van der Waals surface area contributed by atoms with Crippen molar-refractivity contribution in [2.75, 3.05) is 0 Å². The molecule has 2 N–H and O–H groups in total. The standard InChI is InChI=1S/C22H14N2S/c1-3-7-17-13(5-1)16(12-23-17)21-15-9-10-25-20(15)11-19-22(21)14-6-2-4-8-18(14)24-19/h1-12,23-24H. The van der Waals surface area contributed by atoms with Crippen LogP contribution in [0.5, 0.6) is 0 Å². The van der Waals surface area contributed by atoms with E-state index in [-0.39, 0.29) is 0 Å². The first-order valence-corrected chi connectivity index (χ1v) is 9.25. The molecule has 25 heavy (non-hydrogen) atoms. The minimum atomic E-state index is 1.18. The zero-order valence-corrected chi connectivity index (χ0v) is 14.2. The molecule has 0 aliphatic rings. The Morgan fingerprint density at radius 3 is 2.44 bits per heavy atom. The number of benzene rings is 3. The van der Waals surface area contributed by atoms with Gasteiger partial charge in [-0.2, -0.15) is 0 Å². The number of aromatic nitrogens is 2. The molecule has 0 saturated heterocycles. The number of fused-ring (bicyclic) bond motifs is 5. The Balaban J connectivity index is 1.90. The van der Waals surface area contributed by atoms with Crippen molar-refractivity contribution < 1.29 is 0 Å². The second-order valence-corrected chi connectivity index (χ2v) is 7.37. The van der Waals surface area contributed by atoms with Gasteiger partial charge in [-0.05, 0) is 29.6 Å². The summed E-state index contributed by atoms with van der Waals surface area (Å²) in [6.07, 6.45) is 2.15. The van der Waals surface area contributed by atoms with Crippen LogP contribution in [-0.2, 0) is 0 Å². The van der Waals surface area contributed by atoms with Gasteiger partial charge in [0.25, 0.3) is 0 Å². The fourth-order valence-electron chi connectivity index (χ4n) is 4.00. The topological polar surface area (TPSA) is 31.6 Å². The highest BCUT2D eigenvalue weighted by Gasteiger charge is 2.17. The number of para-hydroxylation sites is 2. The lowest BCUT2D eigenvalue weighted by Gasteiger charge is -2.06. The first-order chi connectivity index (χ1) is 12.4. The van der Waals surface area contributed by atoms with E-state index >= 15 is 0 Å². The summed E-state index contributed by atoms with van der Waals surface area (Å²) >= 11 is 1.80. The van der Waals surface area contributed by atoms with Crippen LogP contribution < -0.4 is 0 Å². The van der Waals surface area contributed by atoms with E-state index in [4.69, 9.17) is 0 Å². The van der Waals surface area contributed by atoms with Crippen LogP contribution in [0.2, 0.25) is 0 Å². The molecule has 0 spiro atoms. The van der Waals surface area contributed by atoms with E-state index in [2.05, 4.69) is 82.2 Å². The van der Waals surface area contributed by atoms with Gasteiger partial charge in [-0.3, -0.25) is 0 Å². The van der Waals surface area contributed by atoms with Crippen LogP contribution in [0.25, 0.3) is 53.9 Å². The highest BCUT2D eigenvalue weighted by Crippen LogP contribution is 2.43. The number of aromatic amines is 2. The summed E-state index contributed by atoms with van der Waals surface area (Å²) in [7, 11) is 0. The van der Waals surface area contributed by atoms with Gasteiger partial charge in [0.15, 0.2) is 0 Å². The van der Waals surface area contributed by atoms with Crippen LogP contribution in [0.4, 0.5) is 0 Å². The third-order valence-corrected chi connectivity index (χ3v) is 5.95. The molecule has 0 fully saturated rings. The van der Waals surface area contributed by atoms with E-state index in [1.165, 1.54) is 53.9 Å². The predicted molar refractivity (Wildman–Crippen MR) is 108 cm³/mol. The average Bonchev–Trinajstić information content (AvgIpc) is 3.36. The lowest BCUT2D eigenvalue weighted by atomic mass is 9.96. The van der Waals surface area contributed by atoms with Crippen LogP contribution in [0, 0.1) is 0 Å². The normalized spacial score (nSPS) is 12.0. The van der Waals surface area contributed by atoms with Crippen LogP contribution in [0.3, 0.4) is 0 Å². The molecule has 6 rings (SSSR count). The third-order valence-electron chi connectivity index (χ3n) is 5.08. The summed E-state index contributed by atoms with van der Waals surface area (Å²) in [5.41, 5.74) is 6.17. The Morgan fingerprint density at radius 2 is 1.52 bits per heavy atom. The van der Waals surface area contributed by atoms with Gasteiger partial charge in [0.1, 0.15) is 0 Å². The van der Waals surface area contributed by atoms with Crippen molar-refractivity contribution in [3.8, 4) is 11.1 Å². The molecule has 118 valence electrons. The SMILES string of the molecule is c1ccc2c(-c3c4ccsc4cc4[nH]c5ccccc5c34)c[nH]c2c1. The molecule has 0 aliphatic carbocycles. The maximum atomic E-state index is 3.61.